The van der Waals surface area contributed by atoms with Crippen molar-refractivity contribution in [2.24, 2.45) is 0 Å². The molecule has 0 radical (unpaired) electrons. The quantitative estimate of drug-likeness (QED) is 0.326. The Balaban J connectivity index is 1.31. The Morgan fingerprint density at radius 1 is 0.667 bits per heavy atom. The number of rotatable bonds is 6. The molecular weight excluding hydrogens is 446 g/mol. The fraction of sp³-hybridized carbons (Fsp3) is 0.367. The molecule has 2 fully saturated rings. The van der Waals surface area contributed by atoms with E-state index in [1.165, 1.54) is 38.5 Å². The first-order valence-electron chi connectivity index (χ1n) is 13.3. The van der Waals surface area contributed by atoms with Gasteiger partial charge in [-0.25, -0.2) is 0 Å². The molecule has 36 heavy (non-hydrogen) atoms. The molecule has 4 aromatic rings. The molecule has 4 heterocycles. The van der Waals surface area contributed by atoms with Gasteiger partial charge in [0.05, 0.1) is 5.69 Å². The lowest BCUT2D eigenvalue weighted by Crippen LogP contribution is -2.32. The van der Waals surface area contributed by atoms with Crippen molar-refractivity contribution in [3.8, 4) is 17.0 Å². The summed E-state index contributed by atoms with van der Waals surface area (Å²) < 4.78 is 5.98. The third kappa shape index (κ3) is 4.85. The molecule has 2 saturated heterocycles. The van der Waals surface area contributed by atoms with E-state index in [1.807, 2.05) is 36.5 Å². The van der Waals surface area contributed by atoms with E-state index >= 15 is 0 Å². The van der Waals surface area contributed by atoms with Crippen molar-refractivity contribution in [1.82, 2.24) is 15.2 Å². The topological polar surface area (TPSA) is 54.4 Å². The molecule has 184 valence electrons. The van der Waals surface area contributed by atoms with Crippen LogP contribution in [0, 0.1) is 0 Å². The zero-order valence-electron chi connectivity index (χ0n) is 20.8. The Kier molecular flexibility index (Phi) is 6.66. The third-order valence-electron chi connectivity index (χ3n) is 7.33. The Bertz CT molecular complexity index is 1300. The molecule has 6 rings (SSSR count). The SMILES string of the molecule is c1ccc(COc2ccc(-c3cc4c(N5CCCCC5)nnc(N5CCCCC5)c4cn3)cc2)cc1. The second-order valence-electron chi connectivity index (χ2n) is 9.86. The zero-order valence-corrected chi connectivity index (χ0v) is 20.8. The van der Waals surface area contributed by atoms with E-state index in [0.29, 0.717) is 6.61 Å². The smallest absolute Gasteiger partial charge is 0.160 e. The van der Waals surface area contributed by atoms with Crippen molar-refractivity contribution in [3.63, 3.8) is 0 Å². The van der Waals surface area contributed by atoms with Gasteiger partial charge in [0.2, 0.25) is 0 Å². The molecule has 2 aliphatic heterocycles. The van der Waals surface area contributed by atoms with E-state index in [2.05, 4.69) is 40.1 Å². The molecule has 0 atom stereocenters. The Morgan fingerprint density at radius 2 is 1.28 bits per heavy atom. The highest BCUT2D eigenvalue weighted by atomic mass is 16.5. The summed E-state index contributed by atoms with van der Waals surface area (Å²) >= 11 is 0. The van der Waals surface area contributed by atoms with Crippen molar-refractivity contribution >= 4 is 22.4 Å². The van der Waals surface area contributed by atoms with Crippen molar-refractivity contribution in [2.45, 2.75) is 45.1 Å². The van der Waals surface area contributed by atoms with E-state index in [4.69, 9.17) is 19.9 Å². The first kappa shape index (κ1) is 22.8. The molecule has 6 nitrogen and oxygen atoms in total. The molecule has 0 spiro atoms. The molecule has 2 aliphatic rings. The van der Waals surface area contributed by atoms with Crippen LogP contribution in [0.4, 0.5) is 11.6 Å². The van der Waals surface area contributed by atoms with Crippen LogP contribution in [0.25, 0.3) is 22.0 Å². The molecule has 6 heteroatoms. The summed E-state index contributed by atoms with van der Waals surface area (Å²) in [6, 6.07) is 20.7. The number of fused-ring (bicyclic) bond motifs is 1. The molecule has 0 unspecified atom stereocenters. The third-order valence-corrected chi connectivity index (χ3v) is 7.33. The highest BCUT2D eigenvalue weighted by Gasteiger charge is 2.22. The Morgan fingerprint density at radius 3 is 1.92 bits per heavy atom. The monoisotopic (exact) mass is 479 g/mol. The number of hydrogen-bond donors (Lipinski definition) is 0. The van der Waals surface area contributed by atoms with Crippen molar-refractivity contribution in [3.05, 3.63) is 72.4 Å². The first-order chi connectivity index (χ1) is 17.8. The van der Waals surface area contributed by atoms with E-state index < -0.39 is 0 Å². The van der Waals surface area contributed by atoms with Crippen LogP contribution in [0.1, 0.15) is 44.1 Å². The van der Waals surface area contributed by atoms with Crippen LogP contribution in [0.3, 0.4) is 0 Å². The molecule has 0 aliphatic carbocycles. The molecule has 0 saturated carbocycles. The standard InChI is InChI=1S/C30H33N5O/c1-4-10-23(11-5-1)22-36-25-14-12-24(13-15-25)28-20-26-27(21-31-28)30(35-18-8-3-9-19-35)33-32-29(26)34-16-6-2-7-17-34/h1,4-5,10-15,20-21H,2-3,6-9,16-19,22H2. The summed E-state index contributed by atoms with van der Waals surface area (Å²) in [5, 5.41) is 11.8. The van der Waals surface area contributed by atoms with Crippen LogP contribution in [-0.4, -0.2) is 41.4 Å². The maximum atomic E-state index is 5.98. The maximum absolute atomic E-state index is 5.98. The molecule has 2 aromatic carbocycles. The summed E-state index contributed by atoms with van der Waals surface area (Å²) in [5.74, 6) is 2.83. The average Bonchev–Trinajstić information content (AvgIpc) is 2.97. The highest BCUT2D eigenvalue weighted by molar-refractivity contribution is 6.00. The number of pyridine rings is 1. The van der Waals surface area contributed by atoms with Gasteiger partial charge in [0.25, 0.3) is 0 Å². The summed E-state index contributed by atoms with van der Waals surface area (Å²) in [6.45, 7) is 4.72. The summed E-state index contributed by atoms with van der Waals surface area (Å²) in [7, 11) is 0. The van der Waals surface area contributed by atoms with Crippen molar-refractivity contribution in [2.75, 3.05) is 36.0 Å². The largest absolute Gasteiger partial charge is 0.489 e. The Labute approximate surface area is 212 Å². The number of piperidine rings is 2. The summed E-state index contributed by atoms with van der Waals surface area (Å²) in [6.07, 6.45) is 9.43. The van der Waals surface area contributed by atoms with Crippen LogP contribution < -0.4 is 14.5 Å². The van der Waals surface area contributed by atoms with Gasteiger partial charge < -0.3 is 14.5 Å². The highest BCUT2D eigenvalue weighted by Crippen LogP contribution is 2.35. The van der Waals surface area contributed by atoms with Crippen molar-refractivity contribution < 1.29 is 4.74 Å². The predicted molar refractivity (Wildman–Crippen MR) is 146 cm³/mol. The molecule has 0 bridgehead atoms. The number of benzene rings is 2. The van der Waals surface area contributed by atoms with Gasteiger partial charge in [-0.2, -0.15) is 0 Å². The molecule has 0 N–H and O–H groups in total. The van der Waals surface area contributed by atoms with Gasteiger partial charge in [-0.3, -0.25) is 4.98 Å². The number of nitrogens with zero attached hydrogens (tertiary/aromatic N) is 5. The summed E-state index contributed by atoms with van der Waals surface area (Å²) in [5.41, 5.74) is 3.19. The number of hydrogen-bond acceptors (Lipinski definition) is 6. The summed E-state index contributed by atoms with van der Waals surface area (Å²) in [4.78, 5) is 9.68. The fourth-order valence-corrected chi connectivity index (χ4v) is 5.32. The van der Waals surface area contributed by atoms with Gasteiger partial charge in [0.15, 0.2) is 11.6 Å². The van der Waals surface area contributed by atoms with Crippen LogP contribution in [0.2, 0.25) is 0 Å². The van der Waals surface area contributed by atoms with Crippen LogP contribution >= 0.6 is 0 Å². The number of aromatic nitrogens is 3. The minimum Gasteiger partial charge on any atom is -0.489 e. The van der Waals surface area contributed by atoms with Crippen LogP contribution in [0.5, 0.6) is 5.75 Å². The van der Waals surface area contributed by atoms with Gasteiger partial charge in [-0.15, -0.1) is 10.2 Å². The lowest BCUT2D eigenvalue weighted by atomic mass is 10.1. The van der Waals surface area contributed by atoms with E-state index in [-0.39, 0.29) is 0 Å². The average molecular weight is 480 g/mol. The minimum absolute atomic E-state index is 0.561. The van der Waals surface area contributed by atoms with E-state index in [1.54, 1.807) is 0 Å². The van der Waals surface area contributed by atoms with Gasteiger partial charge >= 0.3 is 0 Å². The van der Waals surface area contributed by atoms with Crippen LogP contribution in [0.15, 0.2) is 66.9 Å². The number of anilines is 2. The van der Waals surface area contributed by atoms with Crippen molar-refractivity contribution in [1.29, 1.82) is 0 Å². The van der Waals surface area contributed by atoms with Gasteiger partial charge in [0, 0.05) is 48.7 Å². The minimum atomic E-state index is 0.561. The van der Waals surface area contributed by atoms with E-state index in [9.17, 15) is 0 Å². The second-order valence-corrected chi connectivity index (χ2v) is 9.86. The van der Waals surface area contributed by atoms with Crippen LogP contribution in [-0.2, 0) is 6.61 Å². The van der Waals surface area contributed by atoms with E-state index in [0.717, 1.165) is 71.2 Å². The van der Waals surface area contributed by atoms with Gasteiger partial charge in [-0.1, -0.05) is 30.3 Å². The maximum Gasteiger partial charge on any atom is 0.160 e. The second kappa shape index (κ2) is 10.5. The molecule has 0 amide bonds. The van der Waals surface area contributed by atoms with Gasteiger partial charge in [0.1, 0.15) is 12.4 Å². The first-order valence-corrected chi connectivity index (χ1v) is 13.3. The lowest BCUT2D eigenvalue weighted by Gasteiger charge is -2.31. The zero-order chi connectivity index (χ0) is 24.2. The fourth-order valence-electron chi connectivity index (χ4n) is 5.32. The lowest BCUT2D eigenvalue weighted by molar-refractivity contribution is 0.306. The Hall–Kier alpha value is -3.67. The van der Waals surface area contributed by atoms with Gasteiger partial charge in [-0.05, 0) is 74.4 Å². The molecule has 2 aromatic heterocycles. The predicted octanol–water partition coefficient (Wildman–Crippen LogP) is 6.25. The molecular formula is C30H33N5O. The normalized spacial score (nSPS) is 16.3. The number of ether oxygens (including phenoxy) is 1.